The molecule has 1 heterocycles. The van der Waals surface area contributed by atoms with Crippen molar-refractivity contribution in [3.63, 3.8) is 0 Å². The lowest BCUT2D eigenvalue weighted by molar-refractivity contribution is -0.142. The Bertz CT molecular complexity index is 782. The summed E-state index contributed by atoms with van der Waals surface area (Å²) < 4.78 is 24.9. The lowest BCUT2D eigenvalue weighted by atomic mass is 9.94. The van der Waals surface area contributed by atoms with Crippen molar-refractivity contribution in [3.05, 3.63) is 23.8 Å². The van der Waals surface area contributed by atoms with Crippen LogP contribution in [0.3, 0.4) is 0 Å². The number of aliphatic carboxylic acids is 1. The van der Waals surface area contributed by atoms with Crippen LogP contribution in [0.2, 0.25) is 0 Å². The minimum absolute atomic E-state index is 0. The van der Waals surface area contributed by atoms with Crippen LogP contribution in [-0.4, -0.2) is 56.8 Å². The quantitative estimate of drug-likeness (QED) is 0.687. The molecule has 1 saturated heterocycles. The van der Waals surface area contributed by atoms with Crippen molar-refractivity contribution in [2.45, 2.75) is 24.3 Å². The van der Waals surface area contributed by atoms with E-state index in [9.17, 15) is 23.1 Å². The molecule has 1 aliphatic heterocycles. The second kappa shape index (κ2) is 8.70. The highest BCUT2D eigenvalue weighted by Gasteiger charge is 2.36. The predicted octanol–water partition coefficient (Wildman–Crippen LogP) is 1.73. The second-order valence-corrected chi connectivity index (χ2v) is 8.39. The molecule has 1 fully saturated rings. The van der Waals surface area contributed by atoms with Crippen LogP contribution in [0.1, 0.15) is 24.9 Å². The molecule has 10 heteroatoms. The number of carbonyl (C=O) groups excluding carboxylic acids is 1. The van der Waals surface area contributed by atoms with Gasteiger partial charge in [-0.05, 0) is 36.7 Å². The Morgan fingerprint density at radius 3 is 2.54 bits per heavy atom. The van der Waals surface area contributed by atoms with Crippen LogP contribution < -0.4 is 10.6 Å². The van der Waals surface area contributed by atoms with E-state index < -0.39 is 27.8 Å². The average molecular weight is 406 g/mol. The molecule has 2 rings (SSSR count). The number of sulfone groups is 1. The Morgan fingerprint density at radius 1 is 1.35 bits per heavy atom. The van der Waals surface area contributed by atoms with E-state index in [2.05, 4.69) is 10.6 Å². The van der Waals surface area contributed by atoms with Crippen LogP contribution in [0.25, 0.3) is 0 Å². The van der Waals surface area contributed by atoms with E-state index >= 15 is 0 Å². The van der Waals surface area contributed by atoms with Crippen LogP contribution in [0, 0.1) is 5.92 Å². The molecule has 2 amide bonds. The first-order valence-electron chi connectivity index (χ1n) is 7.98. The molecule has 8 nitrogen and oxygen atoms in total. The van der Waals surface area contributed by atoms with Crippen LogP contribution in [-0.2, 0) is 14.6 Å². The van der Waals surface area contributed by atoms with Crippen molar-refractivity contribution in [3.8, 4) is 0 Å². The summed E-state index contributed by atoms with van der Waals surface area (Å²) in [6, 6.07) is 3.51. The number of amides is 2. The van der Waals surface area contributed by atoms with E-state index in [0.29, 0.717) is 24.2 Å². The number of hydrogen-bond acceptors (Lipinski definition) is 5. The van der Waals surface area contributed by atoms with E-state index in [1.54, 1.807) is 20.2 Å². The van der Waals surface area contributed by atoms with Gasteiger partial charge in [-0.25, -0.2) is 13.2 Å². The van der Waals surface area contributed by atoms with Crippen LogP contribution in [0.5, 0.6) is 0 Å². The largest absolute Gasteiger partial charge is 0.481 e. The van der Waals surface area contributed by atoms with Crippen LogP contribution >= 0.6 is 12.4 Å². The predicted molar refractivity (Wildman–Crippen MR) is 101 cm³/mol. The van der Waals surface area contributed by atoms with Crippen molar-refractivity contribution in [1.82, 2.24) is 10.2 Å². The molecular weight excluding hydrogens is 382 g/mol. The Hall–Kier alpha value is -1.84. The molecule has 1 aromatic carbocycles. The van der Waals surface area contributed by atoms with Gasteiger partial charge in [0.2, 0.25) is 0 Å². The SMILES string of the molecule is CCS(=O)(=O)c1ccc(NC(=O)N(C)C)cc1C1NCCC1C(=O)O.Cl. The summed E-state index contributed by atoms with van der Waals surface area (Å²) in [5, 5.41) is 15.2. The smallest absolute Gasteiger partial charge is 0.321 e. The maximum atomic E-state index is 12.4. The summed E-state index contributed by atoms with van der Waals surface area (Å²) in [6.45, 7) is 2.03. The molecular formula is C16H24ClN3O5S. The minimum Gasteiger partial charge on any atom is -0.481 e. The van der Waals surface area contributed by atoms with Gasteiger partial charge in [-0.3, -0.25) is 4.79 Å². The average Bonchev–Trinajstić information content (AvgIpc) is 3.04. The summed E-state index contributed by atoms with van der Waals surface area (Å²) in [5.74, 6) is -1.78. The highest BCUT2D eigenvalue weighted by atomic mass is 35.5. The lowest BCUT2D eigenvalue weighted by Gasteiger charge is -2.21. The third kappa shape index (κ3) is 4.66. The van der Waals surface area contributed by atoms with E-state index in [1.807, 2.05) is 0 Å². The van der Waals surface area contributed by atoms with E-state index in [4.69, 9.17) is 0 Å². The van der Waals surface area contributed by atoms with E-state index in [0.717, 1.165) is 0 Å². The zero-order valence-corrected chi connectivity index (χ0v) is 16.5. The fraction of sp³-hybridized carbons (Fsp3) is 0.500. The van der Waals surface area contributed by atoms with Crippen molar-refractivity contribution in [1.29, 1.82) is 0 Å². The molecule has 1 aromatic rings. The summed E-state index contributed by atoms with van der Waals surface area (Å²) in [7, 11) is -0.356. The van der Waals surface area contributed by atoms with Crippen LogP contribution in [0.4, 0.5) is 10.5 Å². The third-order valence-electron chi connectivity index (χ3n) is 4.26. The highest BCUT2D eigenvalue weighted by molar-refractivity contribution is 7.91. The van der Waals surface area contributed by atoms with Gasteiger partial charge in [-0.1, -0.05) is 6.92 Å². The van der Waals surface area contributed by atoms with Gasteiger partial charge in [-0.2, -0.15) is 0 Å². The number of benzene rings is 1. The number of nitrogens with one attached hydrogen (secondary N) is 2. The highest BCUT2D eigenvalue weighted by Crippen LogP contribution is 2.35. The van der Waals surface area contributed by atoms with Gasteiger partial charge in [0.15, 0.2) is 9.84 Å². The summed E-state index contributed by atoms with van der Waals surface area (Å²) >= 11 is 0. The second-order valence-electron chi connectivity index (χ2n) is 6.15. The molecule has 2 atom stereocenters. The number of carboxylic acids is 1. The van der Waals surface area contributed by atoms with Crippen molar-refractivity contribution in [2.24, 2.45) is 5.92 Å². The van der Waals surface area contributed by atoms with Crippen LogP contribution in [0.15, 0.2) is 23.1 Å². The van der Waals surface area contributed by atoms with Gasteiger partial charge in [0.05, 0.1) is 16.6 Å². The third-order valence-corrected chi connectivity index (χ3v) is 6.06. The summed E-state index contributed by atoms with van der Waals surface area (Å²) in [6.07, 6.45) is 0.417. The molecule has 3 N–H and O–H groups in total. The molecule has 0 spiro atoms. The van der Waals surface area contributed by atoms with Crippen molar-refractivity contribution < 1.29 is 23.1 Å². The molecule has 2 unspecified atom stereocenters. The standard InChI is InChI=1S/C16H23N3O5S.ClH/c1-4-25(23,24)13-6-5-10(18-16(22)19(2)3)9-12(13)14-11(15(20)21)7-8-17-14;/h5-6,9,11,14,17H,4,7-8H2,1-3H3,(H,18,22)(H,20,21);1H. The normalized spacial score (nSPS) is 19.5. The molecule has 0 bridgehead atoms. The number of rotatable bonds is 5. The maximum Gasteiger partial charge on any atom is 0.321 e. The fourth-order valence-corrected chi connectivity index (χ4v) is 3.97. The number of anilines is 1. The number of hydrogen-bond donors (Lipinski definition) is 3. The number of halogens is 1. The summed E-state index contributed by atoms with van der Waals surface area (Å²) in [4.78, 5) is 24.8. The summed E-state index contributed by atoms with van der Waals surface area (Å²) in [5.41, 5.74) is 0.796. The zero-order chi connectivity index (χ0) is 18.8. The van der Waals surface area contributed by atoms with Gasteiger partial charge in [0.25, 0.3) is 0 Å². The van der Waals surface area contributed by atoms with E-state index in [1.165, 1.54) is 24.0 Å². The Kier molecular flexibility index (Phi) is 7.43. The number of nitrogens with zero attached hydrogens (tertiary/aromatic N) is 1. The number of urea groups is 1. The first-order chi connectivity index (χ1) is 11.7. The molecule has 0 radical (unpaired) electrons. The molecule has 146 valence electrons. The van der Waals surface area contributed by atoms with E-state index in [-0.39, 0.29) is 29.1 Å². The number of carboxylic acid groups (broad SMARTS) is 1. The van der Waals surface area contributed by atoms with Gasteiger partial charge in [0, 0.05) is 25.8 Å². The van der Waals surface area contributed by atoms with Gasteiger partial charge < -0.3 is 20.6 Å². The molecule has 0 aromatic heterocycles. The Balaban J connectivity index is 0.00000338. The van der Waals surface area contributed by atoms with Gasteiger partial charge in [-0.15, -0.1) is 12.4 Å². The minimum atomic E-state index is -3.53. The van der Waals surface area contributed by atoms with Crippen molar-refractivity contribution >= 4 is 39.9 Å². The molecule has 0 aliphatic carbocycles. The zero-order valence-electron chi connectivity index (χ0n) is 14.9. The fourth-order valence-electron chi connectivity index (χ4n) is 2.84. The number of carbonyl (C=O) groups is 2. The molecule has 0 saturated carbocycles. The molecule has 26 heavy (non-hydrogen) atoms. The lowest BCUT2D eigenvalue weighted by Crippen LogP contribution is -2.28. The maximum absolute atomic E-state index is 12.4. The van der Waals surface area contributed by atoms with Crippen molar-refractivity contribution in [2.75, 3.05) is 31.7 Å². The first-order valence-corrected chi connectivity index (χ1v) is 9.63. The topological polar surface area (TPSA) is 116 Å². The monoisotopic (exact) mass is 405 g/mol. The van der Waals surface area contributed by atoms with Gasteiger partial charge in [0.1, 0.15) is 0 Å². The molecule has 1 aliphatic rings. The Labute approximate surface area is 159 Å². The Morgan fingerprint density at radius 2 is 2.00 bits per heavy atom. The van der Waals surface area contributed by atoms with Gasteiger partial charge >= 0.3 is 12.0 Å². The first kappa shape index (κ1) is 22.2.